The Morgan fingerprint density at radius 1 is 1.21 bits per heavy atom. The van der Waals surface area contributed by atoms with E-state index in [4.69, 9.17) is 9.47 Å². The Kier molecular flexibility index (Phi) is 5.14. The molecule has 0 atom stereocenters. The Labute approximate surface area is 112 Å². The van der Waals surface area contributed by atoms with Crippen molar-refractivity contribution in [2.45, 2.75) is 12.5 Å². The molecule has 106 valence electrons. The number of aliphatic hydroxyl groups is 2. The SMILES string of the molecule is COc1cccc(OC)c1C(=O)NC(C)(CO)CO. The van der Waals surface area contributed by atoms with Gasteiger partial charge in [0.05, 0.1) is 33.0 Å². The molecular formula is C13H19NO5. The summed E-state index contributed by atoms with van der Waals surface area (Å²) in [5, 5.41) is 21.0. The highest BCUT2D eigenvalue weighted by Gasteiger charge is 2.28. The number of carbonyl (C=O) groups is 1. The number of benzene rings is 1. The molecule has 6 heteroatoms. The first-order valence-electron chi connectivity index (χ1n) is 5.76. The monoisotopic (exact) mass is 269 g/mol. The summed E-state index contributed by atoms with van der Waals surface area (Å²) in [5.74, 6) is 0.227. The zero-order valence-electron chi connectivity index (χ0n) is 11.3. The fourth-order valence-corrected chi connectivity index (χ4v) is 1.54. The van der Waals surface area contributed by atoms with Crippen LogP contribution >= 0.6 is 0 Å². The van der Waals surface area contributed by atoms with Gasteiger partial charge in [0.25, 0.3) is 5.91 Å². The smallest absolute Gasteiger partial charge is 0.259 e. The van der Waals surface area contributed by atoms with Gasteiger partial charge in [-0.25, -0.2) is 0 Å². The maximum absolute atomic E-state index is 12.2. The number of ether oxygens (including phenoxy) is 2. The lowest BCUT2D eigenvalue weighted by atomic mass is 10.0. The van der Waals surface area contributed by atoms with Gasteiger partial charge in [-0.3, -0.25) is 4.79 Å². The van der Waals surface area contributed by atoms with E-state index in [2.05, 4.69) is 5.32 Å². The van der Waals surface area contributed by atoms with Gasteiger partial charge in [-0.15, -0.1) is 0 Å². The third-order valence-electron chi connectivity index (χ3n) is 2.77. The Balaban J connectivity index is 3.11. The van der Waals surface area contributed by atoms with E-state index in [9.17, 15) is 15.0 Å². The van der Waals surface area contributed by atoms with Crippen molar-refractivity contribution in [1.29, 1.82) is 0 Å². The molecule has 1 amide bonds. The summed E-state index contributed by atoms with van der Waals surface area (Å²) >= 11 is 0. The van der Waals surface area contributed by atoms with Gasteiger partial charge in [0, 0.05) is 0 Å². The summed E-state index contributed by atoms with van der Waals surface area (Å²) in [4.78, 5) is 12.2. The summed E-state index contributed by atoms with van der Waals surface area (Å²) in [6, 6.07) is 4.96. The zero-order chi connectivity index (χ0) is 14.5. The number of hydrogen-bond donors (Lipinski definition) is 3. The molecule has 0 fully saturated rings. The number of carbonyl (C=O) groups excluding carboxylic acids is 1. The standard InChI is InChI=1S/C13H19NO5/c1-13(7-15,8-16)14-12(17)11-9(18-2)5-4-6-10(11)19-3/h4-6,15-16H,7-8H2,1-3H3,(H,14,17). The molecule has 0 aromatic heterocycles. The van der Waals surface area contributed by atoms with E-state index in [0.29, 0.717) is 11.5 Å². The van der Waals surface area contributed by atoms with Gasteiger partial charge in [-0.2, -0.15) is 0 Å². The second kappa shape index (κ2) is 6.40. The van der Waals surface area contributed by atoms with E-state index in [0.717, 1.165) is 0 Å². The predicted molar refractivity (Wildman–Crippen MR) is 69.6 cm³/mol. The highest BCUT2D eigenvalue weighted by Crippen LogP contribution is 2.28. The van der Waals surface area contributed by atoms with Crippen molar-refractivity contribution in [3.63, 3.8) is 0 Å². The van der Waals surface area contributed by atoms with Crippen molar-refractivity contribution >= 4 is 5.91 Å². The van der Waals surface area contributed by atoms with Gasteiger partial charge in [0.15, 0.2) is 0 Å². The molecule has 0 aliphatic carbocycles. The third-order valence-corrected chi connectivity index (χ3v) is 2.77. The maximum Gasteiger partial charge on any atom is 0.259 e. The number of amides is 1. The average molecular weight is 269 g/mol. The van der Waals surface area contributed by atoms with Crippen LogP contribution in [0.15, 0.2) is 18.2 Å². The Bertz CT molecular complexity index is 420. The molecule has 0 spiro atoms. The number of aliphatic hydroxyl groups excluding tert-OH is 2. The van der Waals surface area contributed by atoms with Crippen LogP contribution in [0.3, 0.4) is 0 Å². The fourth-order valence-electron chi connectivity index (χ4n) is 1.54. The molecule has 6 nitrogen and oxygen atoms in total. The highest BCUT2D eigenvalue weighted by molar-refractivity contribution is 6.00. The number of rotatable bonds is 6. The summed E-state index contributed by atoms with van der Waals surface area (Å²) in [6.45, 7) is 0.770. The summed E-state index contributed by atoms with van der Waals surface area (Å²) in [7, 11) is 2.89. The molecule has 0 bridgehead atoms. The average Bonchev–Trinajstić information content (AvgIpc) is 2.45. The second-order valence-corrected chi connectivity index (χ2v) is 4.37. The molecular weight excluding hydrogens is 250 g/mol. The molecule has 0 radical (unpaired) electrons. The third kappa shape index (κ3) is 3.36. The van der Waals surface area contributed by atoms with Crippen molar-refractivity contribution in [2.75, 3.05) is 27.4 Å². The van der Waals surface area contributed by atoms with E-state index in [-0.39, 0.29) is 18.8 Å². The van der Waals surface area contributed by atoms with Crippen molar-refractivity contribution in [3.8, 4) is 11.5 Å². The van der Waals surface area contributed by atoms with E-state index in [1.54, 1.807) is 18.2 Å². The van der Waals surface area contributed by atoms with Crippen LogP contribution < -0.4 is 14.8 Å². The molecule has 1 rings (SSSR count). The molecule has 1 aromatic carbocycles. The van der Waals surface area contributed by atoms with Gasteiger partial charge in [0.1, 0.15) is 17.1 Å². The minimum absolute atomic E-state index is 0.223. The lowest BCUT2D eigenvalue weighted by Gasteiger charge is -2.26. The van der Waals surface area contributed by atoms with Gasteiger partial charge >= 0.3 is 0 Å². The van der Waals surface area contributed by atoms with Crippen molar-refractivity contribution in [3.05, 3.63) is 23.8 Å². The van der Waals surface area contributed by atoms with E-state index >= 15 is 0 Å². The van der Waals surface area contributed by atoms with E-state index in [1.807, 2.05) is 0 Å². The van der Waals surface area contributed by atoms with Crippen molar-refractivity contribution in [2.24, 2.45) is 0 Å². The van der Waals surface area contributed by atoms with Crippen LogP contribution in [0.25, 0.3) is 0 Å². The van der Waals surface area contributed by atoms with Gasteiger partial charge in [0.2, 0.25) is 0 Å². The normalized spacial score (nSPS) is 11.0. The largest absolute Gasteiger partial charge is 0.496 e. The van der Waals surface area contributed by atoms with Crippen LogP contribution in [0.2, 0.25) is 0 Å². The number of hydrogen-bond acceptors (Lipinski definition) is 5. The fraction of sp³-hybridized carbons (Fsp3) is 0.462. The molecule has 19 heavy (non-hydrogen) atoms. The Morgan fingerprint density at radius 3 is 2.05 bits per heavy atom. The molecule has 0 aliphatic rings. The molecule has 0 saturated carbocycles. The zero-order valence-corrected chi connectivity index (χ0v) is 11.3. The highest BCUT2D eigenvalue weighted by atomic mass is 16.5. The minimum atomic E-state index is -1.11. The van der Waals surface area contributed by atoms with Gasteiger partial charge in [-0.05, 0) is 19.1 Å². The maximum atomic E-state index is 12.2. The molecule has 3 N–H and O–H groups in total. The van der Waals surface area contributed by atoms with Gasteiger partial charge in [-0.1, -0.05) is 6.07 Å². The van der Waals surface area contributed by atoms with E-state index < -0.39 is 11.4 Å². The quantitative estimate of drug-likeness (QED) is 0.685. The van der Waals surface area contributed by atoms with Crippen LogP contribution in [-0.4, -0.2) is 49.1 Å². The molecule has 0 heterocycles. The first kappa shape index (κ1) is 15.3. The van der Waals surface area contributed by atoms with Crippen LogP contribution in [0.4, 0.5) is 0 Å². The molecule has 0 saturated heterocycles. The van der Waals surface area contributed by atoms with Crippen molar-refractivity contribution in [1.82, 2.24) is 5.32 Å². The molecule has 1 aromatic rings. The van der Waals surface area contributed by atoms with Crippen LogP contribution in [0.5, 0.6) is 11.5 Å². The number of methoxy groups -OCH3 is 2. The Hall–Kier alpha value is -1.79. The van der Waals surface area contributed by atoms with Gasteiger partial charge < -0.3 is 25.0 Å². The Morgan fingerprint density at radius 2 is 1.68 bits per heavy atom. The van der Waals surface area contributed by atoms with Crippen molar-refractivity contribution < 1.29 is 24.5 Å². The summed E-state index contributed by atoms with van der Waals surface area (Å²) in [6.07, 6.45) is 0. The summed E-state index contributed by atoms with van der Waals surface area (Å²) in [5.41, 5.74) is -0.885. The summed E-state index contributed by atoms with van der Waals surface area (Å²) < 4.78 is 10.2. The van der Waals surface area contributed by atoms with Crippen LogP contribution in [0, 0.1) is 0 Å². The second-order valence-electron chi connectivity index (χ2n) is 4.37. The van der Waals surface area contributed by atoms with E-state index in [1.165, 1.54) is 21.1 Å². The molecule has 0 unspecified atom stereocenters. The van der Waals surface area contributed by atoms with Crippen LogP contribution in [-0.2, 0) is 0 Å². The number of nitrogens with one attached hydrogen (secondary N) is 1. The minimum Gasteiger partial charge on any atom is -0.496 e. The first-order valence-corrected chi connectivity index (χ1v) is 5.76. The van der Waals surface area contributed by atoms with Crippen LogP contribution in [0.1, 0.15) is 17.3 Å². The topological polar surface area (TPSA) is 88.0 Å². The first-order chi connectivity index (χ1) is 9.01. The molecule has 0 aliphatic heterocycles. The lowest BCUT2D eigenvalue weighted by Crippen LogP contribution is -2.51. The lowest BCUT2D eigenvalue weighted by molar-refractivity contribution is 0.0718. The predicted octanol–water partition coefficient (Wildman–Crippen LogP) is 0.177.